The molecule has 6 heteroatoms. The van der Waals surface area contributed by atoms with E-state index >= 15 is 0 Å². The predicted molar refractivity (Wildman–Crippen MR) is 80.9 cm³/mol. The number of sulfonamides is 1. The first-order valence-corrected chi connectivity index (χ1v) is 7.97. The molecular weight excluding hydrogens is 291 g/mol. The van der Waals surface area contributed by atoms with E-state index in [0.29, 0.717) is 6.42 Å². The predicted octanol–water partition coefficient (Wildman–Crippen LogP) is 2.24. The van der Waals surface area contributed by atoms with Crippen LogP contribution in [0.25, 0.3) is 0 Å². The van der Waals surface area contributed by atoms with Crippen LogP contribution in [0, 0.1) is 12.7 Å². The van der Waals surface area contributed by atoms with Crippen molar-refractivity contribution in [3.05, 3.63) is 59.4 Å². The molecule has 0 saturated carbocycles. The summed E-state index contributed by atoms with van der Waals surface area (Å²) in [7, 11) is -3.87. The first-order valence-electron chi connectivity index (χ1n) is 6.49. The minimum atomic E-state index is -3.87. The first kappa shape index (κ1) is 15.5. The summed E-state index contributed by atoms with van der Waals surface area (Å²) in [6, 6.07) is 11.3. The van der Waals surface area contributed by atoms with Gasteiger partial charge in [0.05, 0.1) is 0 Å². The zero-order chi connectivity index (χ0) is 15.5. The number of rotatable bonds is 5. The van der Waals surface area contributed by atoms with E-state index in [4.69, 9.17) is 5.73 Å². The Hall–Kier alpha value is -1.92. The van der Waals surface area contributed by atoms with Crippen LogP contribution in [-0.4, -0.2) is 15.0 Å². The molecule has 112 valence electrons. The molecule has 0 radical (unpaired) electrons. The third-order valence-corrected chi connectivity index (χ3v) is 4.53. The Kier molecular flexibility index (Phi) is 4.59. The van der Waals surface area contributed by atoms with Gasteiger partial charge >= 0.3 is 0 Å². The van der Waals surface area contributed by atoms with Crippen molar-refractivity contribution in [1.29, 1.82) is 0 Å². The van der Waals surface area contributed by atoms with Gasteiger partial charge in [-0.25, -0.2) is 17.5 Å². The third-order valence-electron chi connectivity index (χ3n) is 3.03. The lowest BCUT2D eigenvalue weighted by Gasteiger charge is -2.08. The van der Waals surface area contributed by atoms with Crippen LogP contribution in [0.4, 0.5) is 10.1 Å². The quantitative estimate of drug-likeness (QED) is 0.832. The van der Waals surface area contributed by atoms with Crippen molar-refractivity contribution in [3.63, 3.8) is 0 Å². The molecule has 0 unspecified atom stereocenters. The Morgan fingerprint density at radius 3 is 2.62 bits per heavy atom. The average molecular weight is 308 g/mol. The van der Waals surface area contributed by atoms with E-state index in [1.165, 1.54) is 12.1 Å². The van der Waals surface area contributed by atoms with Crippen LogP contribution in [0.3, 0.4) is 0 Å². The number of hydrogen-bond acceptors (Lipinski definition) is 3. The number of halogens is 1. The van der Waals surface area contributed by atoms with Gasteiger partial charge in [-0.1, -0.05) is 29.8 Å². The molecule has 3 N–H and O–H groups in total. The van der Waals surface area contributed by atoms with Gasteiger partial charge in [-0.2, -0.15) is 0 Å². The molecule has 0 aliphatic heterocycles. The number of anilines is 1. The lowest BCUT2D eigenvalue weighted by Crippen LogP contribution is -2.26. The molecule has 0 spiro atoms. The topological polar surface area (TPSA) is 72.2 Å². The number of aryl methyl sites for hydroxylation is 1. The van der Waals surface area contributed by atoms with Gasteiger partial charge in [0.25, 0.3) is 0 Å². The zero-order valence-electron chi connectivity index (χ0n) is 11.6. The number of nitrogen functional groups attached to an aromatic ring is 1. The second-order valence-electron chi connectivity index (χ2n) is 4.83. The fourth-order valence-electron chi connectivity index (χ4n) is 2.01. The van der Waals surface area contributed by atoms with Gasteiger partial charge < -0.3 is 5.73 Å². The molecule has 0 saturated heterocycles. The largest absolute Gasteiger partial charge is 0.399 e. The summed E-state index contributed by atoms with van der Waals surface area (Å²) in [6.45, 7) is 2.17. The van der Waals surface area contributed by atoms with Crippen LogP contribution >= 0.6 is 0 Å². The summed E-state index contributed by atoms with van der Waals surface area (Å²) in [6.07, 6.45) is 0.539. The minimum absolute atomic E-state index is 0.186. The molecular formula is C15H17FN2O2S. The Bertz CT molecular complexity index is 745. The summed E-state index contributed by atoms with van der Waals surface area (Å²) in [5.41, 5.74) is 7.73. The van der Waals surface area contributed by atoms with E-state index in [1.807, 2.05) is 31.2 Å². The minimum Gasteiger partial charge on any atom is -0.399 e. The highest BCUT2D eigenvalue weighted by Crippen LogP contribution is 2.17. The molecule has 0 aliphatic rings. The van der Waals surface area contributed by atoms with Gasteiger partial charge in [0.1, 0.15) is 10.7 Å². The van der Waals surface area contributed by atoms with E-state index in [0.717, 1.165) is 17.2 Å². The molecule has 0 heterocycles. The highest BCUT2D eigenvalue weighted by atomic mass is 32.2. The second kappa shape index (κ2) is 6.24. The molecule has 0 atom stereocenters. The molecule has 2 aromatic rings. The van der Waals surface area contributed by atoms with Crippen molar-refractivity contribution in [2.45, 2.75) is 18.2 Å². The van der Waals surface area contributed by atoms with Crippen molar-refractivity contribution in [3.8, 4) is 0 Å². The maximum atomic E-state index is 13.7. The highest BCUT2D eigenvalue weighted by molar-refractivity contribution is 7.89. The maximum absolute atomic E-state index is 13.7. The van der Waals surface area contributed by atoms with Crippen molar-refractivity contribution in [1.82, 2.24) is 4.72 Å². The number of nitrogens with one attached hydrogen (secondary N) is 1. The summed E-state index contributed by atoms with van der Waals surface area (Å²) < 4.78 is 40.1. The summed E-state index contributed by atoms with van der Waals surface area (Å²) in [4.78, 5) is -0.388. The number of nitrogens with two attached hydrogens (primary N) is 1. The van der Waals surface area contributed by atoms with Crippen LogP contribution in [0.2, 0.25) is 0 Å². The fraction of sp³-hybridized carbons (Fsp3) is 0.200. The number of benzene rings is 2. The van der Waals surface area contributed by atoms with Crippen LogP contribution in [0.15, 0.2) is 47.4 Å². The van der Waals surface area contributed by atoms with Crippen molar-refractivity contribution in [2.24, 2.45) is 0 Å². The van der Waals surface area contributed by atoms with E-state index < -0.39 is 15.8 Å². The second-order valence-corrected chi connectivity index (χ2v) is 6.56. The molecule has 0 fully saturated rings. The lowest BCUT2D eigenvalue weighted by atomic mass is 10.1. The van der Waals surface area contributed by atoms with Crippen molar-refractivity contribution < 1.29 is 12.8 Å². The van der Waals surface area contributed by atoms with Crippen molar-refractivity contribution >= 4 is 15.7 Å². The van der Waals surface area contributed by atoms with E-state index in [1.54, 1.807) is 0 Å². The Morgan fingerprint density at radius 1 is 1.19 bits per heavy atom. The van der Waals surface area contributed by atoms with Gasteiger partial charge in [0.2, 0.25) is 10.0 Å². The van der Waals surface area contributed by atoms with E-state index in [9.17, 15) is 12.8 Å². The molecule has 0 aromatic heterocycles. The standard InChI is InChI=1S/C15H17FN2O2S/c1-11-3-2-4-12(9-11)7-8-18-21(19,20)15-6-5-13(17)10-14(15)16/h2-6,9-10,18H,7-8,17H2,1H3. The van der Waals surface area contributed by atoms with Gasteiger partial charge in [0.15, 0.2) is 0 Å². The average Bonchev–Trinajstić information content (AvgIpc) is 2.38. The molecule has 0 bridgehead atoms. The highest BCUT2D eigenvalue weighted by Gasteiger charge is 2.18. The monoisotopic (exact) mass is 308 g/mol. The van der Waals surface area contributed by atoms with Crippen LogP contribution in [0.1, 0.15) is 11.1 Å². The van der Waals surface area contributed by atoms with Crippen LogP contribution < -0.4 is 10.5 Å². The number of hydrogen-bond donors (Lipinski definition) is 2. The first-order chi connectivity index (χ1) is 9.88. The van der Waals surface area contributed by atoms with Crippen LogP contribution in [0.5, 0.6) is 0 Å². The molecule has 0 aliphatic carbocycles. The van der Waals surface area contributed by atoms with Gasteiger partial charge in [-0.05, 0) is 37.1 Å². The zero-order valence-corrected chi connectivity index (χ0v) is 12.5. The summed E-state index contributed by atoms with van der Waals surface area (Å²) in [5, 5.41) is 0. The van der Waals surface area contributed by atoms with E-state index in [-0.39, 0.29) is 17.1 Å². The SMILES string of the molecule is Cc1cccc(CCNS(=O)(=O)c2ccc(N)cc2F)c1. The Morgan fingerprint density at radius 2 is 1.95 bits per heavy atom. The molecule has 0 amide bonds. The molecule has 2 aromatic carbocycles. The van der Waals surface area contributed by atoms with Gasteiger partial charge in [-0.15, -0.1) is 0 Å². The summed E-state index contributed by atoms with van der Waals surface area (Å²) >= 11 is 0. The summed E-state index contributed by atoms with van der Waals surface area (Å²) in [5.74, 6) is -0.849. The van der Waals surface area contributed by atoms with Crippen LogP contribution in [-0.2, 0) is 16.4 Å². The third kappa shape index (κ3) is 4.03. The van der Waals surface area contributed by atoms with Crippen molar-refractivity contribution in [2.75, 3.05) is 12.3 Å². The normalized spacial score (nSPS) is 11.5. The molecule has 2 rings (SSSR count). The smallest absolute Gasteiger partial charge is 0.243 e. The maximum Gasteiger partial charge on any atom is 0.243 e. The van der Waals surface area contributed by atoms with Gasteiger partial charge in [0, 0.05) is 12.2 Å². The van der Waals surface area contributed by atoms with Gasteiger partial charge in [-0.3, -0.25) is 0 Å². The molecule has 4 nitrogen and oxygen atoms in total. The Balaban J connectivity index is 2.05. The Labute approximate surface area is 123 Å². The fourth-order valence-corrected chi connectivity index (χ4v) is 3.10. The van der Waals surface area contributed by atoms with E-state index in [2.05, 4.69) is 4.72 Å². The molecule has 21 heavy (non-hydrogen) atoms. The lowest BCUT2D eigenvalue weighted by molar-refractivity contribution is 0.557.